The molecule has 2 aliphatic rings. The summed E-state index contributed by atoms with van der Waals surface area (Å²) in [5, 5.41) is 11.8. The van der Waals surface area contributed by atoms with E-state index in [0.29, 0.717) is 11.8 Å². The first kappa shape index (κ1) is 10.7. The van der Waals surface area contributed by atoms with Crippen LogP contribution in [-0.4, -0.2) is 48.3 Å². The topological polar surface area (TPSA) is 71.1 Å². The number of oxime groups is 1. The van der Waals surface area contributed by atoms with Crippen molar-refractivity contribution in [3.63, 3.8) is 0 Å². The van der Waals surface area contributed by atoms with Gasteiger partial charge in [0.1, 0.15) is 0 Å². The largest absolute Gasteiger partial charge is 0.409 e. The number of ether oxygens (including phenoxy) is 1. The Morgan fingerprint density at radius 2 is 2.40 bits per heavy atom. The van der Waals surface area contributed by atoms with Crippen LogP contribution in [0.2, 0.25) is 0 Å². The van der Waals surface area contributed by atoms with E-state index in [2.05, 4.69) is 10.1 Å². The number of hydrogen-bond donors (Lipinski definition) is 2. The number of hydrogen-bond acceptors (Lipinski definition) is 4. The molecule has 0 aliphatic carbocycles. The molecule has 5 heteroatoms. The molecule has 0 aromatic rings. The summed E-state index contributed by atoms with van der Waals surface area (Å²) in [4.78, 5) is 2.31. The van der Waals surface area contributed by atoms with Gasteiger partial charge >= 0.3 is 0 Å². The third kappa shape index (κ3) is 2.41. The van der Waals surface area contributed by atoms with Gasteiger partial charge in [0.15, 0.2) is 5.84 Å². The van der Waals surface area contributed by atoms with E-state index in [4.69, 9.17) is 15.7 Å². The second kappa shape index (κ2) is 4.81. The van der Waals surface area contributed by atoms with Gasteiger partial charge in [0.2, 0.25) is 0 Å². The van der Waals surface area contributed by atoms with Crippen molar-refractivity contribution in [1.29, 1.82) is 0 Å². The third-order valence-corrected chi connectivity index (χ3v) is 3.34. The highest BCUT2D eigenvalue weighted by molar-refractivity contribution is 5.85. The Morgan fingerprint density at radius 3 is 3.07 bits per heavy atom. The summed E-state index contributed by atoms with van der Waals surface area (Å²) < 4.78 is 5.35. The predicted octanol–water partition coefficient (Wildman–Crippen LogP) is 0.234. The molecule has 2 unspecified atom stereocenters. The average molecular weight is 213 g/mol. The quantitative estimate of drug-likeness (QED) is 0.305. The molecular formula is C10H19N3O2. The summed E-state index contributed by atoms with van der Waals surface area (Å²) in [5.41, 5.74) is 5.67. The molecule has 0 radical (unpaired) electrons. The van der Waals surface area contributed by atoms with Gasteiger partial charge < -0.3 is 15.7 Å². The maximum absolute atomic E-state index is 8.69. The molecule has 2 atom stereocenters. The third-order valence-electron chi connectivity index (χ3n) is 3.34. The van der Waals surface area contributed by atoms with E-state index in [-0.39, 0.29) is 6.04 Å². The molecule has 0 spiro atoms. The molecule has 86 valence electrons. The molecule has 0 aromatic carbocycles. The number of rotatable bonds is 3. The van der Waals surface area contributed by atoms with Crippen LogP contribution in [0, 0.1) is 5.92 Å². The van der Waals surface area contributed by atoms with Crippen LogP contribution in [0.5, 0.6) is 0 Å². The highest BCUT2D eigenvalue weighted by Gasteiger charge is 2.30. The summed E-state index contributed by atoms with van der Waals surface area (Å²) in [6, 6.07) is 0.135. The lowest BCUT2D eigenvalue weighted by atomic mass is 10.1. The molecule has 3 N–H and O–H groups in total. The van der Waals surface area contributed by atoms with Crippen molar-refractivity contribution in [3.8, 4) is 0 Å². The fourth-order valence-electron chi connectivity index (χ4n) is 2.51. The summed E-state index contributed by atoms with van der Waals surface area (Å²) in [7, 11) is 0. The summed E-state index contributed by atoms with van der Waals surface area (Å²) in [6.07, 6.45) is 3.28. The Kier molecular flexibility index (Phi) is 3.43. The standard InChI is InChI=1S/C10H19N3O2/c11-10(12-14)9-2-1-4-13(9)6-8-3-5-15-7-8/h8-9,14H,1-7H2,(H2,11,12). The highest BCUT2D eigenvalue weighted by Crippen LogP contribution is 2.22. The van der Waals surface area contributed by atoms with Crippen LogP contribution >= 0.6 is 0 Å². The van der Waals surface area contributed by atoms with Gasteiger partial charge in [0, 0.05) is 13.2 Å². The molecule has 0 saturated carbocycles. The van der Waals surface area contributed by atoms with Crippen molar-refractivity contribution >= 4 is 5.84 Å². The van der Waals surface area contributed by atoms with Crippen LogP contribution in [0.25, 0.3) is 0 Å². The monoisotopic (exact) mass is 213 g/mol. The first-order chi connectivity index (χ1) is 7.31. The zero-order valence-electron chi connectivity index (χ0n) is 8.93. The molecule has 2 rings (SSSR count). The van der Waals surface area contributed by atoms with Crippen LogP contribution in [0.15, 0.2) is 5.16 Å². The first-order valence-electron chi connectivity index (χ1n) is 5.60. The van der Waals surface area contributed by atoms with Gasteiger partial charge in [0.05, 0.1) is 12.6 Å². The molecule has 2 saturated heterocycles. The lowest BCUT2D eigenvalue weighted by Gasteiger charge is -2.25. The second-order valence-corrected chi connectivity index (χ2v) is 4.41. The van der Waals surface area contributed by atoms with E-state index in [1.54, 1.807) is 0 Å². The SMILES string of the molecule is NC(=NO)C1CCCN1CC1CCOC1. The van der Waals surface area contributed by atoms with Gasteiger partial charge in [-0.2, -0.15) is 0 Å². The number of likely N-dealkylation sites (tertiary alicyclic amines) is 1. The average Bonchev–Trinajstić information content (AvgIpc) is 2.88. The van der Waals surface area contributed by atoms with Gasteiger partial charge in [-0.15, -0.1) is 0 Å². The number of amidine groups is 1. The maximum atomic E-state index is 8.69. The maximum Gasteiger partial charge on any atom is 0.156 e. The second-order valence-electron chi connectivity index (χ2n) is 4.41. The van der Waals surface area contributed by atoms with Gasteiger partial charge in [-0.1, -0.05) is 5.16 Å². The number of nitrogens with zero attached hydrogens (tertiary/aromatic N) is 2. The molecule has 2 heterocycles. The molecule has 2 aliphatic heterocycles. The van der Waals surface area contributed by atoms with E-state index in [0.717, 1.165) is 45.6 Å². The fourth-order valence-corrected chi connectivity index (χ4v) is 2.51. The van der Waals surface area contributed by atoms with Crippen LogP contribution in [-0.2, 0) is 4.74 Å². The molecule has 15 heavy (non-hydrogen) atoms. The van der Waals surface area contributed by atoms with Crippen molar-refractivity contribution in [2.45, 2.75) is 25.3 Å². The van der Waals surface area contributed by atoms with Crippen LogP contribution < -0.4 is 5.73 Å². The molecular weight excluding hydrogens is 194 g/mol. The smallest absolute Gasteiger partial charge is 0.156 e. The minimum atomic E-state index is 0.135. The summed E-state index contributed by atoms with van der Waals surface area (Å²) in [5.74, 6) is 0.975. The zero-order chi connectivity index (χ0) is 10.7. The van der Waals surface area contributed by atoms with Crippen molar-refractivity contribution < 1.29 is 9.94 Å². The van der Waals surface area contributed by atoms with Crippen LogP contribution in [0.3, 0.4) is 0 Å². The molecule has 2 fully saturated rings. The Hall–Kier alpha value is -0.810. The Labute approximate surface area is 89.9 Å². The van der Waals surface area contributed by atoms with E-state index in [1.807, 2.05) is 0 Å². The minimum absolute atomic E-state index is 0.135. The van der Waals surface area contributed by atoms with E-state index < -0.39 is 0 Å². The van der Waals surface area contributed by atoms with Gasteiger partial charge in [0.25, 0.3) is 0 Å². The van der Waals surface area contributed by atoms with Gasteiger partial charge in [-0.05, 0) is 31.7 Å². The first-order valence-corrected chi connectivity index (χ1v) is 5.60. The molecule has 0 aromatic heterocycles. The summed E-state index contributed by atoms with van der Waals surface area (Å²) >= 11 is 0. The summed E-state index contributed by atoms with van der Waals surface area (Å²) in [6.45, 7) is 3.81. The van der Waals surface area contributed by atoms with Crippen LogP contribution in [0.4, 0.5) is 0 Å². The van der Waals surface area contributed by atoms with Gasteiger partial charge in [-0.3, -0.25) is 4.90 Å². The number of nitrogens with two attached hydrogens (primary N) is 1. The van der Waals surface area contributed by atoms with Crippen molar-refractivity contribution in [2.24, 2.45) is 16.8 Å². The Bertz CT molecular complexity index is 239. The van der Waals surface area contributed by atoms with Crippen molar-refractivity contribution in [2.75, 3.05) is 26.3 Å². The van der Waals surface area contributed by atoms with Gasteiger partial charge in [-0.25, -0.2) is 0 Å². The predicted molar refractivity (Wildman–Crippen MR) is 56.9 cm³/mol. The molecule has 0 bridgehead atoms. The highest BCUT2D eigenvalue weighted by atomic mass is 16.5. The fraction of sp³-hybridized carbons (Fsp3) is 0.900. The molecule has 0 amide bonds. The normalized spacial score (nSPS) is 33.7. The van der Waals surface area contributed by atoms with Crippen molar-refractivity contribution in [1.82, 2.24) is 4.90 Å². The van der Waals surface area contributed by atoms with E-state index in [9.17, 15) is 0 Å². The lowest BCUT2D eigenvalue weighted by molar-refractivity contribution is 0.169. The minimum Gasteiger partial charge on any atom is -0.409 e. The van der Waals surface area contributed by atoms with E-state index >= 15 is 0 Å². The van der Waals surface area contributed by atoms with Crippen LogP contribution in [0.1, 0.15) is 19.3 Å². The molecule has 5 nitrogen and oxygen atoms in total. The zero-order valence-corrected chi connectivity index (χ0v) is 8.93. The van der Waals surface area contributed by atoms with Crippen molar-refractivity contribution in [3.05, 3.63) is 0 Å². The Balaban J connectivity index is 1.89. The lowest BCUT2D eigenvalue weighted by Crippen LogP contribution is -2.42. The van der Waals surface area contributed by atoms with E-state index in [1.165, 1.54) is 0 Å². The Morgan fingerprint density at radius 1 is 1.53 bits per heavy atom.